The average molecular weight is 416 g/mol. The van der Waals surface area contributed by atoms with Crippen LogP contribution in [0.1, 0.15) is 25.3 Å². The van der Waals surface area contributed by atoms with E-state index in [1.807, 2.05) is 61.2 Å². The normalized spacial score (nSPS) is 15.0. The lowest BCUT2D eigenvalue weighted by Gasteiger charge is -2.20. The van der Waals surface area contributed by atoms with Gasteiger partial charge in [0.15, 0.2) is 0 Å². The van der Waals surface area contributed by atoms with E-state index in [2.05, 4.69) is 26.6 Å². The third kappa shape index (κ3) is 4.25. The zero-order chi connectivity index (χ0) is 18.7. The Morgan fingerprint density at radius 2 is 2.00 bits per heavy atom. The largest absolute Gasteiger partial charge is 0.374 e. The first-order chi connectivity index (χ1) is 12.4. The Morgan fingerprint density at radius 1 is 1.19 bits per heavy atom. The zero-order valence-electron chi connectivity index (χ0n) is 14.9. The number of hydrogen-bond donors (Lipinski definition) is 2. The van der Waals surface area contributed by atoms with Gasteiger partial charge in [-0.3, -0.25) is 9.59 Å². The third-order valence-electron chi connectivity index (χ3n) is 4.43. The van der Waals surface area contributed by atoms with Crippen LogP contribution in [0.2, 0.25) is 0 Å². The number of amides is 2. The van der Waals surface area contributed by atoms with E-state index in [4.69, 9.17) is 0 Å². The molecule has 5 nitrogen and oxygen atoms in total. The number of halogens is 1. The molecule has 26 heavy (non-hydrogen) atoms. The van der Waals surface area contributed by atoms with Crippen molar-refractivity contribution < 1.29 is 9.59 Å². The first-order valence-electron chi connectivity index (χ1n) is 8.68. The smallest absolute Gasteiger partial charge is 0.246 e. The molecular formula is C20H22BrN3O2. The first-order valence-corrected chi connectivity index (χ1v) is 9.47. The van der Waals surface area contributed by atoms with Crippen molar-refractivity contribution in [2.45, 2.75) is 32.7 Å². The predicted molar refractivity (Wildman–Crippen MR) is 109 cm³/mol. The summed E-state index contributed by atoms with van der Waals surface area (Å²) in [4.78, 5) is 26.2. The van der Waals surface area contributed by atoms with E-state index in [9.17, 15) is 9.59 Å². The van der Waals surface area contributed by atoms with Crippen molar-refractivity contribution >= 4 is 44.8 Å². The van der Waals surface area contributed by atoms with Gasteiger partial charge in [0.2, 0.25) is 11.8 Å². The molecule has 0 bridgehead atoms. The Hall–Kier alpha value is -2.34. The predicted octanol–water partition coefficient (Wildman–Crippen LogP) is 4.32. The lowest BCUT2D eigenvalue weighted by Crippen LogP contribution is -2.32. The van der Waals surface area contributed by atoms with Crippen LogP contribution in [0.15, 0.2) is 46.9 Å². The average Bonchev–Trinajstić information content (AvgIpc) is 3.01. The quantitative estimate of drug-likeness (QED) is 0.763. The Kier molecular flexibility index (Phi) is 5.61. The molecule has 6 heteroatoms. The minimum Gasteiger partial charge on any atom is -0.374 e. The molecule has 136 valence electrons. The highest BCUT2D eigenvalue weighted by Gasteiger charge is 2.23. The summed E-state index contributed by atoms with van der Waals surface area (Å²) in [6.45, 7) is 4.58. The molecule has 0 saturated carbocycles. The van der Waals surface area contributed by atoms with Crippen molar-refractivity contribution in [3.8, 4) is 0 Å². The second-order valence-electron chi connectivity index (χ2n) is 6.52. The Balaban J connectivity index is 1.65. The molecule has 1 heterocycles. The van der Waals surface area contributed by atoms with Gasteiger partial charge in [-0.05, 0) is 62.2 Å². The van der Waals surface area contributed by atoms with Gasteiger partial charge in [0, 0.05) is 34.5 Å². The van der Waals surface area contributed by atoms with Crippen LogP contribution in [-0.2, 0) is 9.59 Å². The van der Waals surface area contributed by atoms with Gasteiger partial charge in [-0.25, -0.2) is 0 Å². The molecule has 2 N–H and O–H groups in total. The van der Waals surface area contributed by atoms with Crippen molar-refractivity contribution in [2.75, 3.05) is 22.1 Å². The highest BCUT2D eigenvalue weighted by Crippen LogP contribution is 2.27. The Labute approximate surface area is 161 Å². The minimum atomic E-state index is -0.396. The van der Waals surface area contributed by atoms with Gasteiger partial charge in [0.1, 0.15) is 6.04 Å². The number of aryl methyl sites for hydroxylation is 1. The SMILES string of the molecule is Cc1cc(N[C@H](C)C(=O)Nc2cccc(Br)c2)ccc1N1CCCC1=O. The molecule has 3 rings (SSSR count). The monoisotopic (exact) mass is 415 g/mol. The van der Waals surface area contributed by atoms with E-state index in [-0.39, 0.29) is 11.8 Å². The molecule has 0 radical (unpaired) electrons. The summed E-state index contributed by atoms with van der Waals surface area (Å²) < 4.78 is 0.915. The van der Waals surface area contributed by atoms with Crippen LogP contribution < -0.4 is 15.5 Å². The first kappa shape index (κ1) is 18.5. The molecule has 0 aromatic heterocycles. The Morgan fingerprint density at radius 3 is 2.65 bits per heavy atom. The topological polar surface area (TPSA) is 61.4 Å². The summed E-state index contributed by atoms with van der Waals surface area (Å²) in [7, 11) is 0. The van der Waals surface area contributed by atoms with Crippen molar-refractivity contribution in [1.29, 1.82) is 0 Å². The number of nitrogens with one attached hydrogen (secondary N) is 2. The van der Waals surface area contributed by atoms with Crippen molar-refractivity contribution in [3.63, 3.8) is 0 Å². The van der Waals surface area contributed by atoms with Gasteiger partial charge >= 0.3 is 0 Å². The number of anilines is 3. The van der Waals surface area contributed by atoms with E-state index in [0.717, 1.165) is 40.1 Å². The van der Waals surface area contributed by atoms with Crippen molar-refractivity contribution in [3.05, 3.63) is 52.5 Å². The molecule has 1 aliphatic rings. The lowest BCUT2D eigenvalue weighted by molar-refractivity contribution is -0.117. The zero-order valence-corrected chi connectivity index (χ0v) is 16.5. The van der Waals surface area contributed by atoms with E-state index in [0.29, 0.717) is 6.42 Å². The maximum absolute atomic E-state index is 12.4. The highest BCUT2D eigenvalue weighted by atomic mass is 79.9. The van der Waals surface area contributed by atoms with E-state index in [1.54, 1.807) is 0 Å². The van der Waals surface area contributed by atoms with E-state index >= 15 is 0 Å². The van der Waals surface area contributed by atoms with Gasteiger partial charge in [-0.1, -0.05) is 22.0 Å². The molecule has 2 aromatic rings. The van der Waals surface area contributed by atoms with Crippen molar-refractivity contribution in [2.24, 2.45) is 0 Å². The summed E-state index contributed by atoms with van der Waals surface area (Å²) in [6, 6.07) is 12.9. The van der Waals surface area contributed by atoms with Crippen LogP contribution in [0.3, 0.4) is 0 Å². The number of hydrogen-bond acceptors (Lipinski definition) is 3. The number of nitrogens with zero attached hydrogens (tertiary/aromatic N) is 1. The second kappa shape index (κ2) is 7.91. The van der Waals surface area contributed by atoms with Gasteiger partial charge in [-0.2, -0.15) is 0 Å². The molecule has 0 unspecified atom stereocenters. The number of rotatable bonds is 5. The second-order valence-corrected chi connectivity index (χ2v) is 7.43. The van der Waals surface area contributed by atoms with Crippen LogP contribution in [-0.4, -0.2) is 24.4 Å². The fourth-order valence-corrected chi connectivity index (χ4v) is 3.48. The van der Waals surface area contributed by atoms with Crippen LogP contribution in [0, 0.1) is 6.92 Å². The molecule has 1 atom stereocenters. The Bertz CT molecular complexity index is 838. The lowest BCUT2D eigenvalue weighted by atomic mass is 10.1. The maximum Gasteiger partial charge on any atom is 0.246 e. The summed E-state index contributed by atoms with van der Waals surface area (Å²) >= 11 is 3.39. The molecular weight excluding hydrogens is 394 g/mol. The maximum atomic E-state index is 12.4. The van der Waals surface area contributed by atoms with E-state index in [1.165, 1.54) is 0 Å². The summed E-state index contributed by atoms with van der Waals surface area (Å²) in [5, 5.41) is 6.11. The van der Waals surface area contributed by atoms with Gasteiger partial charge in [-0.15, -0.1) is 0 Å². The standard InChI is InChI=1S/C20H22BrN3O2/c1-13-11-17(8-9-18(13)24-10-4-7-19(24)25)22-14(2)20(26)23-16-6-3-5-15(21)12-16/h3,5-6,8-9,11-12,14,22H,4,7,10H2,1-2H3,(H,23,26)/t14-/m1/s1. The summed E-state index contributed by atoms with van der Waals surface area (Å²) in [6.07, 6.45) is 1.53. The van der Waals surface area contributed by atoms with Crippen LogP contribution >= 0.6 is 15.9 Å². The molecule has 1 fully saturated rings. The van der Waals surface area contributed by atoms with Gasteiger partial charge < -0.3 is 15.5 Å². The van der Waals surface area contributed by atoms with Crippen molar-refractivity contribution in [1.82, 2.24) is 0 Å². The molecule has 1 saturated heterocycles. The summed E-state index contributed by atoms with van der Waals surface area (Å²) in [5.41, 5.74) is 3.57. The van der Waals surface area contributed by atoms with Gasteiger partial charge in [0.25, 0.3) is 0 Å². The van der Waals surface area contributed by atoms with Crippen LogP contribution in [0.5, 0.6) is 0 Å². The number of carbonyl (C=O) groups excluding carboxylic acids is 2. The van der Waals surface area contributed by atoms with Crippen LogP contribution in [0.4, 0.5) is 17.1 Å². The number of benzene rings is 2. The van der Waals surface area contributed by atoms with Crippen LogP contribution in [0.25, 0.3) is 0 Å². The third-order valence-corrected chi connectivity index (χ3v) is 4.92. The highest BCUT2D eigenvalue weighted by molar-refractivity contribution is 9.10. The molecule has 1 aliphatic heterocycles. The van der Waals surface area contributed by atoms with Gasteiger partial charge in [0.05, 0.1) is 0 Å². The van der Waals surface area contributed by atoms with E-state index < -0.39 is 6.04 Å². The molecule has 0 spiro atoms. The molecule has 2 amide bonds. The number of carbonyl (C=O) groups is 2. The molecule has 0 aliphatic carbocycles. The minimum absolute atomic E-state index is 0.112. The molecule has 2 aromatic carbocycles. The fourth-order valence-electron chi connectivity index (χ4n) is 3.08. The fraction of sp³-hybridized carbons (Fsp3) is 0.300. The summed E-state index contributed by atoms with van der Waals surface area (Å²) in [5.74, 6) is 0.0649.